The van der Waals surface area contributed by atoms with Gasteiger partial charge in [0.15, 0.2) is 5.78 Å². The summed E-state index contributed by atoms with van der Waals surface area (Å²) in [6.45, 7) is 7.18. The zero-order valence-electron chi connectivity index (χ0n) is 11.9. The number of hydrogen-bond acceptors (Lipinski definition) is 3. The van der Waals surface area contributed by atoms with E-state index in [9.17, 15) is 4.79 Å². The van der Waals surface area contributed by atoms with E-state index in [2.05, 4.69) is 4.90 Å². The lowest BCUT2D eigenvalue weighted by molar-refractivity contribution is 0.00718. The molecule has 104 valence electrons. The van der Waals surface area contributed by atoms with E-state index in [1.165, 1.54) is 0 Å². The van der Waals surface area contributed by atoms with Crippen LogP contribution in [0.1, 0.15) is 35.7 Å². The fraction of sp³-hybridized carbons (Fsp3) is 0.562. The van der Waals surface area contributed by atoms with Crippen molar-refractivity contribution in [3.63, 3.8) is 0 Å². The Balaban J connectivity index is 1.91. The minimum atomic E-state index is 0.209. The van der Waals surface area contributed by atoms with Crippen LogP contribution >= 0.6 is 0 Å². The average Bonchev–Trinajstić information content (AvgIpc) is 2.39. The topological polar surface area (TPSA) is 29.5 Å². The van der Waals surface area contributed by atoms with Gasteiger partial charge >= 0.3 is 0 Å². The number of benzene rings is 1. The molecule has 1 unspecified atom stereocenters. The number of hydrogen-bond donors (Lipinski definition) is 0. The monoisotopic (exact) mass is 261 g/mol. The Bertz CT molecular complexity index is 429. The van der Waals surface area contributed by atoms with E-state index in [0.29, 0.717) is 12.6 Å². The van der Waals surface area contributed by atoms with Crippen molar-refractivity contribution in [1.29, 1.82) is 0 Å². The third-order valence-electron chi connectivity index (χ3n) is 3.57. The van der Waals surface area contributed by atoms with Gasteiger partial charge in [-0.05, 0) is 39.3 Å². The highest BCUT2D eigenvalue weighted by Gasteiger charge is 2.22. The van der Waals surface area contributed by atoms with Gasteiger partial charge in [0.2, 0.25) is 0 Å². The van der Waals surface area contributed by atoms with E-state index < -0.39 is 0 Å². The van der Waals surface area contributed by atoms with E-state index in [0.717, 1.165) is 43.7 Å². The highest BCUT2D eigenvalue weighted by atomic mass is 16.5. The van der Waals surface area contributed by atoms with Gasteiger partial charge in [-0.3, -0.25) is 9.69 Å². The second-order valence-electron chi connectivity index (χ2n) is 5.25. The lowest BCUT2D eigenvalue weighted by Gasteiger charge is -2.31. The van der Waals surface area contributed by atoms with E-state index >= 15 is 0 Å². The minimum absolute atomic E-state index is 0.209. The van der Waals surface area contributed by atoms with Crippen molar-refractivity contribution >= 4 is 5.78 Å². The fourth-order valence-electron chi connectivity index (χ4n) is 2.64. The van der Waals surface area contributed by atoms with Crippen LogP contribution in [0.4, 0.5) is 0 Å². The molecule has 0 radical (unpaired) electrons. The Morgan fingerprint density at radius 1 is 1.47 bits per heavy atom. The molecule has 0 saturated carbocycles. The smallest absolute Gasteiger partial charge is 0.176 e. The molecule has 2 rings (SSSR count). The summed E-state index contributed by atoms with van der Waals surface area (Å²) in [5.74, 6) is 0.209. The first-order valence-electron chi connectivity index (χ1n) is 7.13. The van der Waals surface area contributed by atoms with E-state index in [-0.39, 0.29) is 5.78 Å². The van der Waals surface area contributed by atoms with Gasteiger partial charge < -0.3 is 4.74 Å². The van der Waals surface area contributed by atoms with Crippen LogP contribution in [0.2, 0.25) is 0 Å². The van der Waals surface area contributed by atoms with Gasteiger partial charge in [0.25, 0.3) is 0 Å². The molecule has 19 heavy (non-hydrogen) atoms. The third kappa shape index (κ3) is 4.15. The number of piperidine rings is 1. The third-order valence-corrected chi connectivity index (χ3v) is 3.57. The van der Waals surface area contributed by atoms with Crippen LogP contribution in [-0.4, -0.2) is 43.0 Å². The van der Waals surface area contributed by atoms with Crippen molar-refractivity contribution in [2.24, 2.45) is 0 Å². The molecule has 0 bridgehead atoms. The Labute approximate surface area is 115 Å². The SMILES string of the molecule is CCOC1CCCN(CC(=O)c2cccc(C)c2)C1. The van der Waals surface area contributed by atoms with Crippen LogP contribution in [0.15, 0.2) is 24.3 Å². The van der Waals surface area contributed by atoms with Gasteiger partial charge in [-0.1, -0.05) is 23.8 Å². The number of nitrogens with zero attached hydrogens (tertiary/aromatic N) is 1. The van der Waals surface area contributed by atoms with Crippen LogP contribution in [0, 0.1) is 6.92 Å². The normalized spacial score (nSPS) is 20.4. The largest absolute Gasteiger partial charge is 0.377 e. The van der Waals surface area contributed by atoms with E-state index in [1.807, 2.05) is 38.1 Å². The van der Waals surface area contributed by atoms with Crippen LogP contribution in [-0.2, 0) is 4.74 Å². The first-order chi connectivity index (χ1) is 9.19. The molecule has 1 aromatic rings. The van der Waals surface area contributed by atoms with E-state index in [1.54, 1.807) is 0 Å². The van der Waals surface area contributed by atoms with E-state index in [4.69, 9.17) is 4.74 Å². The van der Waals surface area contributed by atoms with Gasteiger partial charge in [0, 0.05) is 18.7 Å². The summed E-state index contributed by atoms with van der Waals surface area (Å²) in [6, 6.07) is 7.83. The van der Waals surface area contributed by atoms with Gasteiger partial charge in [0.1, 0.15) is 0 Å². The Morgan fingerprint density at radius 2 is 2.32 bits per heavy atom. The van der Waals surface area contributed by atoms with Crippen LogP contribution in [0.5, 0.6) is 0 Å². The number of ketones is 1. The molecule has 1 aliphatic rings. The van der Waals surface area contributed by atoms with Crippen LogP contribution in [0.3, 0.4) is 0 Å². The molecule has 1 heterocycles. The molecular formula is C16H23NO2. The second-order valence-corrected chi connectivity index (χ2v) is 5.25. The maximum absolute atomic E-state index is 12.2. The minimum Gasteiger partial charge on any atom is -0.377 e. The molecule has 1 aromatic carbocycles. The summed E-state index contributed by atoms with van der Waals surface area (Å²) in [7, 11) is 0. The molecule has 1 fully saturated rings. The van der Waals surface area contributed by atoms with Crippen LogP contribution in [0.25, 0.3) is 0 Å². The number of carbonyl (C=O) groups excluding carboxylic acids is 1. The van der Waals surface area contributed by atoms with Gasteiger partial charge in [-0.25, -0.2) is 0 Å². The van der Waals surface area contributed by atoms with Crippen molar-refractivity contribution in [1.82, 2.24) is 4.90 Å². The predicted octanol–water partition coefficient (Wildman–Crippen LogP) is 2.68. The predicted molar refractivity (Wildman–Crippen MR) is 76.6 cm³/mol. The summed E-state index contributed by atoms with van der Waals surface area (Å²) in [6.07, 6.45) is 2.53. The first kappa shape index (κ1) is 14.2. The first-order valence-corrected chi connectivity index (χ1v) is 7.13. The van der Waals surface area contributed by atoms with Crippen LogP contribution < -0.4 is 0 Å². The van der Waals surface area contributed by atoms with Gasteiger partial charge in [0.05, 0.1) is 12.6 Å². The summed E-state index contributed by atoms with van der Waals surface area (Å²) < 4.78 is 5.67. The zero-order chi connectivity index (χ0) is 13.7. The summed E-state index contributed by atoms with van der Waals surface area (Å²) >= 11 is 0. The molecule has 1 saturated heterocycles. The standard InChI is InChI=1S/C16H23NO2/c1-3-19-15-8-5-9-17(11-15)12-16(18)14-7-4-6-13(2)10-14/h4,6-7,10,15H,3,5,8-9,11-12H2,1-2H3. The second kappa shape index (κ2) is 6.83. The van der Waals surface area contributed by atoms with Crippen molar-refractivity contribution in [2.45, 2.75) is 32.8 Å². The lowest BCUT2D eigenvalue weighted by Crippen LogP contribution is -2.42. The van der Waals surface area contributed by atoms with Gasteiger partial charge in [-0.15, -0.1) is 0 Å². The molecule has 0 aromatic heterocycles. The molecule has 0 spiro atoms. The number of ether oxygens (including phenoxy) is 1. The molecular weight excluding hydrogens is 238 g/mol. The van der Waals surface area contributed by atoms with Crippen molar-refractivity contribution < 1.29 is 9.53 Å². The molecule has 0 N–H and O–H groups in total. The maximum Gasteiger partial charge on any atom is 0.176 e. The molecule has 0 aliphatic carbocycles. The molecule has 0 amide bonds. The molecule has 1 atom stereocenters. The lowest BCUT2D eigenvalue weighted by atomic mass is 10.0. The average molecular weight is 261 g/mol. The summed E-state index contributed by atoms with van der Waals surface area (Å²) in [5.41, 5.74) is 1.95. The number of Topliss-reactive ketones (excluding diaryl/α,β-unsaturated/α-hetero) is 1. The van der Waals surface area contributed by atoms with Crippen molar-refractivity contribution in [3.05, 3.63) is 35.4 Å². The summed E-state index contributed by atoms with van der Waals surface area (Å²) in [4.78, 5) is 14.5. The fourth-order valence-corrected chi connectivity index (χ4v) is 2.64. The molecule has 3 heteroatoms. The Morgan fingerprint density at radius 3 is 3.05 bits per heavy atom. The number of rotatable bonds is 5. The van der Waals surface area contributed by atoms with Crippen molar-refractivity contribution in [2.75, 3.05) is 26.2 Å². The number of likely N-dealkylation sites (tertiary alicyclic amines) is 1. The Kier molecular flexibility index (Phi) is 5.11. The number of aryl methyl sites for hydroxylation is 1. The zero-order valence-corrected chi connectivity index (χ0v) is 11.9. The van der Waals surface area contributed by atoms with Gasteiger partial charge in [-0.2, -0.15) is 0 Å². The number of carbonyl (C=O) groups is 1. The molecule has 3 nitrogen and oxygen atoms in total. The summed E-state index contributed by atoms with van der Waals surface area (Å²) in [5, 5.41) is 0. The highest BCUT2D eigenvalue weighted by molar-refractivity contribution is 5.97. The Hall–Kier alpha value is -1.19. The highest BCUT2D eigenvalue weighted by Crippen LogP contribution is 2.14. The molecule has 1 aliphatic heterocycles. The van der Waals surface area contributed by atoms with Crippen molar-refractivity contribution in [3.8, 4) is 0 Å². The quantitative estimate of drug-likeness (QED) is 0.763. The maximum atomic E-state index is 12.2.